The van der Waals surface area contributed by atoms with Crippen LogP contribution >= 0.6 is 23.2 Å². The average Bonchev–Trinajstić information content (AvgIpc) is 3.27. The highest BCUT2D eigenvalue weighted by Gasteiger charge is 2.20. The van der Waals surface area contributed by atoms with Gasteiger partial charge in [0.1, 0.15) is 5.02 Å². The summed E-state index contributed by atoms with van der Waals surface area (Å²) in [6.07, 6.45) is 6.01. The van der Waals surface area contributed by atoms with E-state index >= 15 is 0 Å². The SMILES string of the molecule is Clc1cccc(Oc2ncc(CNC3CC3)cn2)c1Cl. The average molecular weight is 310 g/mol. The monoisotopic (exact) mass is 309 g/mol. The summed E-state index contributed by atoms with van der Waals surface area (Å²) < 4.78 is 5.52. The summed E-state index contributed by atoms with van der Waals surface area (Å²) in [5.74, 6) is 0.447. The first-order valence-corrected chi connectivity index (χ1v) is 7.14. The van der Waals surface area contributed by atoms with Gasteiger partial charge in [-0.1, -0.05) is 29.3 Å². The third-order valence-corrected chi connectivity index (χ3v) is 3.77. The molecule has 20 heavy (non-hydrogen) atoms. The fraction of sp³-hybridized carbons (Fsp3) is 0.286. The van der Waals surface area contributed by atoms with Crippen molar-refractivity contribution in [2.75, 3.05) is 0 Å². The lowest BCUT2D eigenvalue weighted by molar-refractivity contribution is 0.441. The number of benzene rings is 1. The number of ether oxygens (including phenoxy) is 1. The van der Waals surface area contributed by atoms with Crippen LogP contribution in [0.15, 0.2) is 30.6 Å². The molecule has 0 atom stereocenters. The molecule has 2 aromatic rings. The van der Waals surface area contributed by atoms with Crippen LogP contribution in [0.1, 0.15) is 18.4 Å². The molecule has 6 heteroatoms. The number of rotatable bonds is 5. The van der Waals surface area contributed by atoms with Crippen molar-refractivity contribution in [2.45, 2.75) is 25.4 Å². The molecular weight excluding hydrogens is 297 g/mol. The number of nitrogens with one attached hydrogen (secondary N) is 1. The first kappa shape index (κ1) is 13.6. The minimum absolute atomic E-state index is 0.254. The van der Waals surface area contributed by atoms with Crippen LogP contribution in [0.4, 0.5) is 0 Å². The van der Waals surface area contributed by atoms with E-state index in [0.717, 1.165) is 12.1 Å². The smallest absolute Gasteiger partial charge is 0.321 e. The molecule has 0 saturated heterocycles. The van der Waals surface area contributed by atoms with Crippen LogP contribution < -0.4 is 10.1 Å². The van der Waals surface area contributed by atoms with Gasteiger partial charge in [0.05, 0.1) is 5.02 Å². The highest BCUT2D eigenvalue weighted by molar-refractivity contribution is 6.42. The summed E-state index contributed by atoms with van der Waals surface area (Å²) >= 11 is 12.0. The molecule has 1 aliphatic carbocycles. The molecule has 0 radical (unpaired) electrons. The van der Waals surface area contributed by atoms with Crippen molar-refractivity contribution in [1.29, 1.82) is 0 Å². The first-order valence-electron chi connectivity index (χ1n) is 6.38. The third-order valence-electron chi connectivity index (χ3n) is 2.97. The molecule has 1 aromatic carbocycles. The first-order chi connectivity index (χ1) is 9.72. The van der Waals surface area contributed by atoms with E-state index in [2.05, 4.69) is 15.3 Å². The lowest BCUT2D eigenvalue weighted by atomic mass is 10.3. The zero-order chi connectivity index (χ0) is 13.9. The molecule has 1 aromatic heterocycles. The van der Waals surface area contributed by atoms with E-state index < -0.39 is 0 Å². The molecule has 1 heterocycles. The van der Waals surface area contributed by atoms with E-state index in [0.29, 0.717) is 21.8 Å². The predicted molar refractivity (Wildman–Crippen MR) is 78.4 cm³/mol. The molecule has 3 rings (SSSR count). The van der Waals surface area contributed by atoms with Crippen molar-refractivity contribution >= 4 is 23.2 Å². The van der Waals surface area contributed by atoms with E-state index in [1.165, 1.54) is 12.8 Å². The Hall–Kier alpha value is -1.36. The number of aromatic nitrogens is 2. The highest BCUT2D eigenvalue weighted by atomic mass is 35.5. The fourth-order valence-electron chi connectivity index (χ4n) is 1.70. The molecule has 0 unspecified atom stereocenters. The van der Waals surface area contributed by atoms with Crippen molar-refractivity contribution < 1.29 is 4.74 Å². The molecule has 4 nitrogen and oxygen atoms in total. The Kier molecular flexibility index (Phi) is 4.05. The van der Waals surface area contributed by atoms with Gasteiger partial charge in [-0.3, -0.25) is 0 Å². The van der Waals surface area contributed by atoms with Crippen molar-refractivity contribution in [3.05, 3.63) is 46.2 Å². The molecule has 1 fully saturated rings. The van der Waals surface area contributed by atoms with Gasteiger partial charge in [0, 0.05) is 30.5 Å². The Bertz CT molecular complexity index is 600. The molecule has 1 aliphatic rings. The van der Waals surface area contributed by atoms with Crippen LogP contribution in [-0.2, 0) is 6.54 Å². The van der Waals surface area contributed by atoms with Gasteiger partial charge in [-0.2, -0.15) is 0 Å². The lowest BCUT2D eigenvalue weighted by Crippen LogP contribution is -2.15. The summed E-state index contributed by atoms with van der Waals surface area (Å²) in [6.45, 7) is 0.781. The van der Waals surface area contributed by atoms with E-state index in [9.17, 15) is 0 Å². The number of hydrogen-bond acceptors (Lipinski definition) is 4. The Morgan fingerprint density at radius 3 is 2.65 bits per heavy atom. The van der Waals surface area contributed by atoms with Gasteiger partial charge in [0.2, 0.25) is 0 Å². The maximum atomic E-state index is 6.04. The minimum atomic E-state index is 0.254. The van der Waals surface area contributed by atoms with Crippen LogP contribution in [0, 0.1) is 0 Å². The second-order valence-corrected chi connectivity index (χ2v) is 5.47. The molecule has 0 spiro atoms. The summed E-state index contributed by atoms with van der Waals surface area (Å²) in [5, 5.41) is 4.20. The summed E-state index contributed by atoms with van der Waals surface area (Å²) in [6, 6.07) is 6.10. The van der Waals surface area contributed by atoms with Crippen molar-refractivity contribution in [2.24, 2.45) is 0 Å². The van der Waals surface area contributed by atoms with E-state index in [4.69, 9.17) is 27.9 Å². The second-order valence-electron chi connectivity index (χ2n) is 4.68. The van der Waals surface area contributed by atoms with Crippen LogP contribution in [0.5, 0.6) is 11.8 Å². The van der Waals surface area contributed by atoms with Crippen molar-refractivity contribution in [1.82, 2.24) is 15.3 Å². The molecule has 1 saturated carbocycles. The van der Waals surface area contributed by atoms with Gasteiger partial charge in [-0.15, -0.1) is 0 Å². The quantitative estimate of drug-likeness (QED) is 0.912. The molecule has 0 bridgehead atoms. The molecular formula is C14H13Cl2N3O. The van der Waals surface area contributed by atoms with Gasteiger partial charge < -0.3 is 10.1 Å². The van der Waals surface area contributed by atoms with E-state index in [1.807, 2.05) is 0 Å². The van der Waals surface area contributed by atoms with Crippen molar-refractivity contribution in [3.8, 4) is 11.8 Å². The molecule has 1 N–H and O–H groups in total. The molecule has 104 valence electrons. The lowest BCUT2D eigenvalue weighted by Gasteiger charge is -2.07. The number of hydrogen-bond donors (Lipinski definition) is 1. The minimum Gasteiger partial charge on any atom is -0.423 e. The summed E-state index contributed by atoms with van der Waals surface area (Å²) in [5.41, 5.74) is 1.03. The topological polar surface area (TPSA) is 47.0 Å². The summed E-state index contributed by atoms with van der Waals surface area (Å²) in [7, 11) is 0. The zero-order valence-electron chi connectivity index (χ0n) is 10.6. The third kappa shape index (κ3) is 3.39. The van der Waals surface area contributed by atoms with Gasteiger partial charge >= 0.3 is 6.01 Å². The molecule has 0 aliphatic heterocycles. The van der Waals surface area contributed by atoms with Gasteiger partial charge in [0.15, 0.2) is 5.75 Å². The van der Waals surface area contributed by atoms with Crippen LogP contribution in [0.2, 0.25) is 10.0 Å². The largest absolute Gasteiger partial charge is 0.423 e. The van der Waals surface area contributed by atoms with Crippen LogP contribution in [0.3, 0.4) is 0 Å². The highest BCUT2D eigenvalue weighted by Crippen LogP contribution is 2.33. The Morgan fingerprint density at radius 2 is 1.95 bits per heavy atom. The maximum Gasteiger partial charge on any atom is 0.321 e. The summed E-state index contributed by atoms with van der Waals surface area (Å²) in [4.78, 5) is 8.34. The van der Waals surface area contributed by atoms with Gasteiger partial charge in [-0.05, 0) is 25.0 Å². The number of halogens is 2. The fourth-order valence-corrected chi connectivity index (χ4v) is 2.03. The standard InChI is InChI=1S/C14H13Cl2N3O/c15-11-2-1-3-12(13(11)16)20-14-18-7-9(8-19-14)6-17-10-4-5-10/h1-3,7-8,10,17H,4-6H2. The zero-order valence-corrected chi connectivity index (χ0v) is 12.2. The normalized spacial score (nSPS) is 14.3. The molecule has 0 amide bonds. The Morgan fingerprint density at radius 1 is 1.20 bits per heavy atom. The van der Waals surface area contributed by atoms with Crippen LogP contribution in [0.25, 0.3) is 0 Å². The Labute approximate surface area is 127 Å². The van der Waals surface area contributed by atoms with Crippen molar-refractivity contribution in [3.63, 3.8) is 0 Å². The number of nitrogens with zero attached hydrogens (tertiary/aromatic N) is 2. The van der Waals surface area contributed by atoms with Crippen LogP contribution in [-0.4, -0.2) is 16.0 Å². The maximum absolute atomic E-state index is 6.04. The predicted octanol–water partition coefficient (Wildman–Crippen LogP) is 3.83. The van der Waals surface area contributed by atoms with E-state index in [1.54, 1.807) is 30.6 Å². The van der Waals surface area contributed by atoms with Gasteiger partial charge in [0.25, 0.3) is 0 Å². The Balaban J connectivity index is 1.66. The second kappa shape index (κ2) is 5.95. The van der Waals surface area contributed by atoms with E-state index in [-0.39, 0.29) is 6.01 Å². The van der Waals surface area contributed by atoms with Gasteiger partial charge in [-0.25, -0.2) is 9.97 Å².